The first-order valence-corrected chi connectivity index (χ1v) is 8.59. The van der Waals surface area contributed by atoms with Crippen molar-refractivity contribution in [2.24, 2.45) is 0 Å². The van der Waals surface area contributed by atoms with Crippen molar-refractivity contribution in [2.75, 3.05) is 6.54 Å². The van der Waals surface area contributed by atoms with E-state index in [9.17, 15) is 29.6 Å². The Hall–Kier alpha value is -3.72. The lowest BCUT2D eigenvalue weighted by Crippen LogP contribution is -2.34. The number of carbonyl (C=O) groups excluding carboxylic acids is 2. The number of halogens is 1. The average molecular weight is 417 g/mol. The standard InChI is InChI=1S/C19H13ClN2O7/c20-11-7-5-10(6-8-11)17(25)15-16(12-3-1-2-4-13(12)22(28)29)21(9-14(23)24)19(27)18(15)26/h1-8,16,25H,9H2,(H,23,24)/b17-15+/t16-/m1/s1. The summed E-state index contributed by atoms with van der Waals surface area (Å²) >= 11 is 5.82. The van der Waals surface area contributed by atoms with Gasteiger partial charge in [0.2, 0.25) is 0 Å². The number of nitrogens with zero attached hydrogens (tertiary/aromatic N) is 2. The van der Waals surface area contributed by atoms with Crippen molar-refractivity contribution < 1.29 is 29.5 Å². The number of para-hydroxylation sites is 1. The number of benzene rings is 2. The van der Waals surface area contributed by atoms with Crippen molar-refractivity contribution in [2.45, 2.75) is 6.04 Å². The molecule has 0 saturated carbocycles. The van der Waals surface area contributed by atoms with Gasteiger partial charge in [0.25, 0.3) is 17.4 Å². The number of aliphatic carboxylic acids is 1. The molecule has 3 rings (SSSR count). The van der Waals surface area contributed by atoms with Gasteiger partial charge in [0, 0.05) is 16.7 Å². The molecule has 1 saturated heterocycles. The summed E-state index contributed by atoms with van der Waals surface area (Å²) in [6.07, 6.45) is 0. The van der Waals surface area contributed by atoms with E-state index in [0.29, 0.717) is 9.92 Å². The van der Waals surface area contributed by atoms with Crippen LogP contribution in [0.4, 0.5) is 5.69 Å². The summed E-state index contributed by atoms with van der Waals surface area (Å²) < 4.78 is 0. The lowest BCUT2D eigenvalue weighted by molar-refractivity contribution is -0.385. The quantitative estimate of drug-likeness (QED) is 0.251. The van der Waals surface area contributed by atoms with Gasteiger partial charge in [0.05, 0.1) is 22.1 Å². The van der Waals surface area contributed by atoms with Crippen LogP contribution in [0.3, 0.4) is 0 Å². The molecular weight excluding hydrogens is 404 g/mol. The van der Waals surface area contributed by atoms with E-state index in [1.807, 2.05) is 0 Å². The topological polar surface area (TPSA) is 138 Å². The van der Waals surface area contributed by atoms with Crippen LogP contribution in [0.25, 0.3) is 5.76 Å². The number of hydrogen-bond donors (Lipinski definition) is 2. The Balaban J connectivity index is 2.28. The van der Waals surface area contributed by atoms with E-state index in [0.717, 1.165) is 0 Å². The van der Waals surface area contributed by atoms with Gasteiger partial charge in [0.1, 0.15) is 12.3 Å². The molecular formula is C19H13ClN2O7. The highest BCUT2D eigenvalue weighted by Gasteiger charge is 2.48. The molecule has 0 aromatic heterocycles. The van der Waals surface area contributed by atoms with Crippen LogP contribution in [0.5, 0.6) is 0 Å². The zero-order valence-electron chi connectivity index (χ0n) is 14.6. The first kappa shape index (κ1) is 20.0. The number of aliphatic hydroxyl groups is 1. The Labute approximate surface area is 168 Å². The van der Waals surface area contributed by atoms with Crippen molar-refractivity contribution >= 4 is 40.7 Å². The van der Waals surface area contributed by atoms with E-state index in [2.05, 4.69) is 0 Å². The van der Waals surface area contributed by atoms with Gasteiger partial charge in [-0.15, -0.1) is 0 Å². The number of carboxylic acid groups (broad SMARTS) is 1. The highest BCUT2D eigenvalue weighted by molar-refractivity contribution is 6.47. The Kier molecular flexibility index (Phi) is 5.33. The van der Waals surface area contributed by atoms with Crippen LogP contribution < -0.4 is 0 Å². The molecule has 1 aliphatic rings. The zero-order chi connectivity index (χ0) is 21.3. The molecule has 29 heavy (non-hydrogen) atoms. The number of carboxylic acids is 1. The molecule has 0 bridgehead atoms. The molecule has 0 radical (unpaired) electrons. The van der Waals surface area contributed by atoms with Crippen molar-refractivity contribution in [3.05, 3.63) is 80.4 Å². The molecule has 1 atom stereocenters. The van der Waals surface area contributed by atoms with Crippen LogP contribution >= 0.6 is 11.6 Å². The lowest BCUT2D eigenvalue weighted by atomic mass is 9.94. The molecule has 1 aliphatic heterocycles. The van der Waals surface area contributed by atoms with E-state index < -0.39 is 52.2 Å². The Bertz CT molecular complexity index is 1060. The molecule has 2 aromatic carbocycles. The Morgan fingerprint density at radius 3 is 2.31 bits per heavy atom. The molecule has 9 nitrogen and oxygen atoms in total. The van der Waals surface area contributed by atoms with Crippen LogP contribution in [0.2, 0.25) is 5.02 Å². The van der Waals surface area contributed by atoms with Crippen LogP contribution in [-0.2, 0) is 14.4 Å². The molecule has 148 valence electrons. The van der Waals surface area contributed by atoms with Gasteiger partial charge in [-0.25, -0.2) is 0 Å². The first-order chi connectivity index (χ1) is 13.7. The molecule has 0 spiro atoms. The molecule has 2 N–H and O–H groups in total. The maximum atomic E-state index is 12.6. The fourth-order valence-electron chi connectivity index (χ4n) is 3.16. The summed E-state index contributed by atoms with van der Waals surface area (Å²) in [5.74, 6) is -4.31. The van der Waals surface area contributed by atoms with E-state index >= 15 is 0 Å². The Morgan fingerprint density at radius 2 is 1.72 bits per heavy atom. The average Bonchev–Trinajstić information content (AvgIpc) is 2.92. The second kappa shape index (κ2) is 7.72. The number of Topliss-reactive ketones (excluding diaryl/α,β-unsaturated/α-hetero) is 1. The maximum absolute atomic E-state index is 12.6. The number of aliphatic hydroxyl groups excluding tert-OH is 1. The first-order valence-electron chi connectivity index (χ1n) is 8.21. The Morgan fingerprint density at radius 1 is 1.10 bits per heavy atom. The van der Waals surface area contributed by atoms with Gasteiger partial charge < -0.3 is 15.1 Å². The van der Waals surface area contributed by atoms with E-state index in [1.54, 1.807) is 0 Å². The molecule has 10 heteroatoms. The summed E-state index contributed by atoms with van der Waals surface area (Å²) in [6, 6.07) is 9.57. The highest BCUT2D eigenvalue weighted by atomic mass is 35.5. The number of nitro benzene ring substituents is 1. The maximum Gasteiger partial charge on any atom is 0.323 e. The largest absolute Gasteiger partial charge is 0.507 e. The third kappa shape index (κ3) is 3.67. The number of nitro groups is 1. The summed E-state index contributed by atoms with van der Waals surface area (Å²) in [4.78, 5) is 47.8. The summed E-state index contributed by atoms with van der Waals surface area (Å²) in [5.41, 5.74) is -0.801. The minimum absolute atomic E-state index is 0.0894. The smallest absolute Gasteiger partial charge is 0.323 e. The van der Waals surface area contributed by atoms with Gasteiger partial charge in [-0.2, -0.15) is 0 Å². The lowest BCUT2D eigenvalue weighted by Gasteiger charge is -2.23. The molecule has 1 amide bonds. The molecule has 1 heterocycles. The highest BCUT2D eigenvalue weighted by Crippen LogP contribution is 2.42. The van der Waals surface area contributed by atoms with E-state index in [1.165, 1.54) is 48.5 Å². The number of carbonyl (C=O) groups is 3. The second-order valence-corrected chi connectivity index (χ2v) is 6.58. The fraction of sp³-hybridized carbons (Fsp3) is 0.105. The third-order valence-corrected chi connectivity index (χ3v) is 4.64. The van der Waals surface area contributed by atoms with E-state index in [-0.39, 0.29) is 11.1 Å². The number of hydrogen-bond acceptors (Lipinski definition) is 6. The minimum atomic E-state index is -1.44. The number of rotatable bonds is 5. The normalized spacial score (nSPS) is 18.1. The van der Waals surface area contributed by atoms with Crippen molar-refractivity contribution in [3.63, 3.8) is 0 Å². The van der Waals surface area contributed by atoms with Crippen LogP contribution in [0.15, 0.2) is 54.1 Å². The molecule has 1 fully saturated rings. The second-order valence-electron chi connectivity index (χ2n) is 6.14. The summed E-state index contributed by atoms with van der Waals surface area (Å²) in [6.45, 7) is -0.876. The molecule has 2 aromatic rings. The predicted molar refractivity (Wildman–Crippen MR) is 101 cm³/mol. The van der Waals surface area contributed by atoms with Gasteiger partial charge >= 0.3 is 5.97 Å². The van der Waals surface area contributed by atoms with Crippen molar-refractivity contribution in [1.82, 2.24) is 4.90 Å². The summed E-state index contributed by atoms with van der Waals surface area (Å²) in [7, 11) is 0. The van der Waals surface area contributed by atoms with Gasteiger partial charge in [0.15, 0.2) is 0 Å². The van der Waals surface area contributed by atoms with Gasteiger partial charge in [-0.1, -0.05) is 23.7 Å². The predicted octanol–water partition coefficient (Wildman–Crippen LogP) is 2.75. The van der Waals surface area contributed by atoms with Gasteiger partial charge in [-0.3, -0.25) is 24.5 Å². The fourth-order valence-corrected chi connectivity index (χ4v) is 3.29. The third-order valence-electron chi connectivity index (χ3n) is 4.39. The number of ketones is 1. The zero-order valence-corrected chi connectivity index (χ0v) is 15.4. The van der Waals surface area contributed by atoms with Crippen molar-refractivity contribution in [1.29, 1.82) is 0 Å². The van der Waals surface area contributed by atoms with Crippen molar-refractivity contribution in [3.8, 4) is 0 Å². The van der Waals surface area contributed by atoms with Gasteiger partial charge in [-0.05, 0) is 30.3 Å². The SMILES string of the molecule is O=C(O)CN1C(=O)C(=O)/C(=C(/O)c2ccc(Cl)cc2)[C@H]1c1ccccc1[N+](=O)[O-]. The van der Waals surface area contributed by atoms with Crippen LogP contribution in [0, 0.1) is 10.1 Å². The van der Waals surface area contributed by atoms with Crippen LogP contribution in [0.1, 0.15) is 17.2 Å². The molecule has 0 unspecified atom stereocenters. The van der Waals surface area contributed by atoms with E-state index in [4.69, 9.17) is 16.7 Å². The molecule has 0 aliphatic carbocycles. The monoisotopic (exact) mass is 416 g/mol. The summed E-state index contributed by atoms with van der Waals surface area (Å²) in [5, 5.41) is 31.7. The number of amides is 1. The minimum Gasteiger partial charge on any atom is -0.507 e. The number of likely N-dealkylation sites (tertiary alicyclic amines) is 1. The van der Waals surface area contributed by atoms with Crippen LogP contribution in [-0.4, -0.2) is 44.2 Å².